The largest absolute Gasteiger partial charge is 0.399 e. The van der Waals surface area contributed by atoms with Crippen molar-refractivity contribution in [3.63, 3.8) is 0 Å². The van der Waals surface area contributed by atoms with Crippen LogP contribution in [-0.4, -0.2) is 11.6 Å². The molecule has 1 aliphatic carbocycles. The van der Waals surface area contributed by atoms with Crippen LogP contribution in [0.25, 0.3) is 0 Å². The Kier molecular flexibility index (Phi) is 2.45. The molecule has 2 rings (SSSR count). The highest BCUT2D eigenvalue weighted by Crippen LogP contribution is 2.28. The third kappa shape index (κ3) is 2.70. The van der Waals surface area contributed by atoms with E-state index in [4.69, 9.17) is 10.5 Å². The number of nitrogens with zero attached hydrogens (tertiary/aromatic N) is 1. The maximum Gasteiger partial charge on any atom is 0.0888 e. The molecule has 1 heterocycles. The molecule has 0 atom stereocenters. The summed E-state index contributed by atoms with van der Waals surface area (Å²) in [6.45, 7) is 1.46. The quantitative estimate of drug-likeness (QED) is 0.761. The summed E-state index contributed by atoms with van der Waals surface area (Å²) < 4.78 is 5.48. The van der Waals surface area contributed by atoms with Crippen LogP contribution in [0, 0.1) is 5.92 Å². The molecule has 0 aliphatic heterocycles. The van der Waals surface area contributed by atoms with E-state index in [2.05, 4.69) is 4.98 Å². The van der Waals surface area contributed by atoms with Crippen LogP contribution >= 0.6 is 0 Å². The maximum absolute atomic E-state index is 5.61. The monoisotopic (exact) mass is 178 g/mol. The minimum atomic E-state index is 0.585. The smallest absolute Gasteiger partial charge is 0.0888 e. The molecule has 1 saturated carbocycles. The lowest BCUT2D eigenvalue weighted by Gasteiger charge is -2.02. The molecule has 0 radical (unpaired) electrons. The lowest BCUT2D eigenvalue weighted by molar-refractivity contribution is 0.109. The predicted molar refractivity (Wildman–Crippen MR) is 51.0 cm³/mol. The molecule has 70 valence electrons. The van der Waals surface area contributed by atoms with Gasteiger partial charge in [0, 0.05) is 18.5 Å². The van der Waals surface area contributed by atoms with Crippen molar-refractivity contribution in [2.24, 2.45) is 5.92 Å². The number of hydrogen-bond donors (Lipinski definition) is 1. The van der Waals surface area contributed by atoms with Gasteiger partial charge in [-0.15, -0.1) is 0 Å². The Balaban J connectivity index is 1.79. The second-order valence-corrected chi connectivity index (χ2v) is 3.54. The van der Waals surface area contributed by atoms with E-state index in [1.165, 1.54) is 12.8 Å². The van der Waals surface area contributed by atoms with Gasteiger partial charge in [0.15, 0.2) is 0 Å². The number of pyridine rings is 1. The Bertz CT molecular complexity index is 284. The minimum absolute atomic E-state index is 0.585. The molecule has 1 fully saturated rings. The highest BCUT2D eigenvalue weighted by Gasteiger charge is 2.20. The molecular formula is C10H14N2O. The number of anilines is 1. The van der Waals surface area contributed by atoms with Gasteiger partial charge in [-0.25, -0.2) is 0 Å². The molecule has 13 heavy (non-hydrogen) atoms. The van der Waals surface area contributed by atoms with Gasteiger partial charge in [-0.05, 0) is 30.9 Å². The van der Waals surface area contributed by atoms with Crippen LogP contribution in [0.5, 0.6) is 0 Å². The number of nitrogen functional groups attached to an aromatic ring is 1. The molecular weight excluding hydrogens is 164 g/mol. The molecule has 1 aliphatic rings. The van der Waals surface area contributed by atoms with Crippen LogP contribution < -0.4 is 5.73 Å². The number of aromatic nitrogens is 1. The summed E-state index contributed by atoms with van der Waals surface area (Å²) in [5.74, 6) is 0.807. The van der Waals surface area contributed by atoms with E-state index in [0.717, 1.165) is 23.9 Å². The Morgan fingerprint density at radius 1 is 1.54 bits per heavy atom. The molecule has 0 aromatic carbocycles. The van der Waals surface area contributed by atoms with E-state index in [9.17, 15) is 0 Å². The van der Waals surface area contributed by atoms with Crippen LogP contribution in [0.15, 0.2) is 18.3 Å². The zero-order valence-corrected chi connectivity index (χ0v) is 7.57. The van der Waals surface area contributed by atoms with Gasteiger partial charge in [-0.1, -0.05) is 0 Å². The summed E-state index contributed by atoms with van der Waals surface area (Å²) >= 11 is 0. The van der Waals surface area contributed by atoms with Crippen molar-refractivity contribution in [3.05, 3.63) is 24.0 Å². The van der Waals surface area contributed by atoms with E-state index in [1.807, 2.05) is 6.07 Å². The van der Waals surface area contributed by atoms with Crippen LogP contribution in [0.2, 0.25) is 0 Å². The van der Waals surface area contributed by atoms with E-state index >= 15 is 0 Å². The first-order valence-electron chi connectivity index (χ1n) is 4.63. The van der Waals surface area contributed by atoms with Crippen LogP contribution in [0.1, 0.15) is 18.5 Å². The number of ether oxygens (including phenoxy) is 1. The molecule has 3 heteroatoms. The predicted octanol–water partition coefficient (Wildman–Crippen LogP) is 1.59. The standard InChI is InChI=1S/C10H14N2O/c11-9-3-4-12-10(5-9)7-13-6-8-1-2-8/h3-5,8H,1-2,6-7H2,(H2,11,12). The molecule has 0 bridgehead atoms. The van der Waals surface area contributed by atoms with Crippen LogP contribution in [0.3, 0.4) is 0 Å². The molecule has 0 saturated heterocycles. The summed E-state index contributed by atoms with van der Waals surface area (Å²) in [6, 6.07) is 3.64. The second-order valence-electron chi connectivity index (χ2n) is 3.54. The zero-order chi connectivity index (χ0) is 9.10. The zero-order valence-electron chi connectivity index (χ0n) is 7.57. The average Bonchev–Trinajstić information content (AvgIpc) is 2.88. The maximum atomic E-state index is 5.61. The van der Waals surface area contributed by atoms with Crippen molar-refractivity contribution < 1.29 is 4.74 Å². The topological polar surface area (TPSA) is 48.1 Å². The molecule has 0 unspecified atom stereocenters. The van der Waals surface area contributed by atoms with Gasteiger partial charge in [0.1, 0.15) is 0 Å². The molecule has 1 aromatic heterocycles. The van der Waals surface area contributed by atoms with Gasteiger partial charge < -0.3 is 10.5 Å². The van der Waals surface area contributed by atoms with Gasteiger partial charge >= 0.3 is 0 Å². The summed E-state index contributed by atoms with van der Waals surface area (Å²) in [6.07, 6.45) is 4.36. The van der Waals surface area contributed by atoms with Crippen molar-refractivity contribution >= 4 is 5.69 Å². The van der Waals surface area contributed by atoms with E-state index in [0.29, 0.717) is 6.61 Å². The van der Waals surface area contributed by atoms with Gasteiger partial charge in [-0.3, -0.25) is 4.98 Å². The summed E-state index contributed by atoms with van der Waals surface area (Å²) in [4.78, 5) is 4.15. The number of rotatable bonds is 4. The summed E-state index contributed by atoms with van der Waals surface area (Å²) in [5.41, 5.74) is 7.27. The first kappa shape index (κ1) is 8.51. The van der Waals surface area contributed by atoms with Gasteiger partial charge in [0.25, 0.3) is 0 Å². The van der Waals surface area contributed by atoms with E-state index < -0.39 is 0 Å². The Morgan fingerprint density at radius 3 is 3.08 bits per heavy atom. The molecule has 1 aromatic rings. The number of hydrogen-bond acceptors (Lipinski definition) is 3. The van der Waals surface area contributed by atoms with E-state index in [1.54, 1.807) is 12.3 Å². The van der Waals surface area contributed by atoms with Crippen molar-refractivity contribution in [3.8, 4) is 0 Å². The van der Waals surface area contributed by atoms with Crippen molar-refractivity contribution in [2.45, 2.75) is 19.4 Å². The lowest BCUT2D eigenvalue weighted by Crippen LogP contribution is -1.99. The Morgan fingerprint density at radius 2 is 2.38 bits per heavy atom. The minimum Gasteiger partial charge on any atom is -0.399 e. The fraction of sp³-hybridized carbons (Fsp3) is 0.500. The van der Waals surface area contributed by atoms with Crippen molar-refractivity contribution in [2.75, 3.05) is 12.3 Å². The van der Waals surface area contributed by atoms with Crippen molar-refractivity contribution in [1.29, 1.82) is 0 Å². The lowest BCUT2D eigenvalue weighted by atomic mass is 10.3. The fourth-order valence-corrected chi connectivity index (χ4v) is 1.19. The fourth-order valence-electron chi connectivity index (χ4n) is 1.19. The first-order valence-corrected chi connectivity index (χ1v) is 4.63. The molecule has 0 spiro atoms. The Hall–Kier alpha value is -1.09. The first-order chi connectivity index (χ1) is 6.34. The van der Waals surface area contributed by atoms with Crippen LogP contribution in [-0.2, 0) is 11.3 Å². The SMILES string of the molecule is Nc1ccnc(COCC2CC2)c1. The van der Waals surface area contributed by atoms with Crippen LogP contribution in [0.4, 0.5) is 5.69 Å². The Labute approximate surface area is 77.9 Å². The molecule has 3 nitrogen and oxygen atoms in total. The van der Waals surface area contributed by atoms with Crippen molar-refractivity contribution in [1.82, 2.24) is 4.98 Å². The third-order valence-corrected chi connectivity index (χ3v) is 2.14. The average molecular weight is 178 g/mol. The normalized spacial score (nSPS) is 16.0. The second kappa shape index (κ2) is 3.75. The highest BCUT2D eigenvalue weighted by molar-refractivity contribution is 5.36. The third-order valence-electron chi connectivity index (χ3n) is 2.14. The molecule has 2 N–H and O–H groups in total. The van der Waals surface area contributed by atoms with Gasteiger partial charge in [0.05, 0.1) is 12.3 Å². The summed E-state index contributed by atoms with van der Waals surface area (Å²) in [7, 11) is 0. The number of nitrogens with two attached hydrogens (primary N) is 1. The van der Waals surface area contributed by atoms with E-state index in [-0.39, 0.29) is 0 Å². The molecule has 0 amide bonds. The van der Waals surface area contributed by atoms with Gasteiger partial charge in [0.2, 0.25) is 0 Å². The van der Waals surface area contributed by atoms with Gasteiger partial charge in [-0.2, -0.15) is 0 Å². The highest BCUT2D eigenvalue weighted by atomic mass is 16.5. The summed E-state index contributed by atoms with van der Waals surface area (Å²) in [5, 5.41) is 0.